The van der Waals surface area contributed by atoms with Gasteiger partial charge in [0.25, 0.3) is 0 Å². The molecule has 118 valence electrons. The number of anilines is 1. The third-order valence-corrected chi connectivity index (χ3v) is 4.58. The summed E-state index contributed by atoms with van der Waals surface area (Å²) in [4.78, 5) is 12.8. The molecule has 0 radical (unpaired) electrons. The van der Waals surface area contributed by atoms with E-state index in [9.17, 15) is 13.2 Å². The molecule has 1 aromatic carbocycles. The van der Waals surface area contributed by atoms with Gasteiger partial charge in [-0.2, -0.15) is 4.31 Å². The van der Waals surface area contributed by atoms with Crippen LogP contribution in [0.25, 0.3) is 0 Å². The molecule has 2 N–H and O–H groups in total. The van der Waals surface area contributed by atoms with Crippen molar-refractivity contribution in [3.05, 3.63) is 24.3 Å². The van der Waals surface area contributed by atoms with Gasteiger partial charge in [0.1, 0.15) is 12.4 Å². The number of hydrogen-bond donors (Lipinski definition) is 1. The van der Waals surface area contributed by atoms with E-state index in [-0.39, 0.29) is 24.8 Å². The van der Waals surface area contributed by atoms with E-state index in [1.165, 1.54) is 11.9 Å². The standard InChI is InChI=1S/C13H21N3O4S/c1-15(2)13(17)10-16(3)21(18,19)9-8-20-12-6-4-11(14)5-7-12/h4-7H,8-10,14H2,1-3H3. The fourth-order valence-corrected chi connectivity index (χ4v) is 2.33. The third-order valence-electron chi connectivity index (χ3n) is 2.82. The van der Waals surface area contributed by atoms with Crippen molar-refractivity contribution >= 4 is 21.6 Å². The topological polar surface area (TPSA) is 92.9 Å². The van der Waals surface area contributed by atoms with E-state index < -0.39 is 10.0 Å². The molecule has 0 saturated carbocycles. The second-order valence-electron chi connectivity index (χ2n) is 4.78. The average molecular weight is 315 g/mol. The number of likely N-dealkylation sites (N-methyl/N-ethyl adjacent to an activating group) is 2. The number of ether oxygens (including phenoxy) is 1. The Kier molecular flexibility index (Phi) is 5.98. The normalized spacial score (nSPS) is 11.4. The smallest absolute Gasteiger partial charge is 0.237 e. The van der Waals surface area contributed by atoms with Crippen LogP contribution >= 0.6 is 0 Å². The molecule has 7 nitrogen and oxygen atoms in total. The van der Waals surface area contributed by atoms with Gasteiger partial charge < -0.3 is 15.4 Å². The van der Waals surface area contributed by atoms with E-state index in [0.29, 0.717) is 11.4 Å². The lowest BCUT2D eigenvalue weighted by Crippen LogP contribution is -2.39. The molecule has 0 spiro atoms. The highest BCUT2D eigenvalue weighted by Gasteiger charge is 2.21. The number of rotatable bonds is 7. The van der Waals surface area contributed by atoms with E-state index in [1.54, 1.807) is 38.4 Å². The summed E-state index contributed by atoms with van der Waals surface area (Å²) in [7, 11) is 0.997. The van der Waals surface area contributed by atoms with Crippen LogP contribution in [0.2, 0.25) is 0 Å². The Balaban J connectivity index is 2.49. The Morgan fingerprint density at radius 3 is 2.29 bits per heavy atom. The van der Waals surface area contributed by atoms with E-state index in [1.807, 2.05) is 0 Å². The van der Waals surface area contributed by atoms with E-state index >= 15 is 0 Å². The van der Waals surface area contributed by atoms with Crippen LogP contribution in [0, 0.1) is 0 Å². The molecule has 0 aliphatic heterocycles. The Bertz CT molecular complexity index is 570. The molecule has 0 unspecified atom stereocenters. The highest BCUT2D eigenvalue weighted by Crippen LogP contribution is 2.13. The summed E-state index contributed by atoms with van der Waals surface area (Å²) in [6.45, 7) is -0.177. The quantitative estimate of drug-likeness (QED) is 0.715. The van der Waals surface area contributed by atoms with Gasteiger partial charge in [0.15, 0.2) is 0 Å². The van der Waals surface area contributed by atoms with Crippen LogP contribution in [0.4, 0.5) is 5.69 Å². The van der Waals surface area contributed by atoms with Gasteiger partial charge in [-0.3, -0.25) is 4.79 Å². The lowest BCUT2D eigenvalue weighted by Gasteiger charge is -2.19. The van der Waals surface area contributed by atoms with Gasteiger partial charge in [0, 0.05) is 26.8 Å². The highest BCUT2D eigenvalue weighted by atomic mass is 32.2. The predicted molar refractivity (Wildman–Crippen MR) is 81.5 cm³/mol. The van der Waals surface area contributed by atoms with Crippen molar-refractivity contribution in [1.82, 2.24) is 9.21 Å². The van der Waals surface area contributed by atoms with Crippen LogP contribution in [-0.4, -0.2) is 63.6 Å². The van der Waals surface area contributed by atoms with Gasteiger partial charge in [-0.05, 0) is 24.3 Å². The predicted octanol–water partition coefficient (Wildman–Crippen LogP) is -0.00260. The second-order valence-corrected chi connectivity index (χ2v) is 6.97. The van der Waals surface area contributed by atoms with Crippen LogP contribution in [0.1, 0.15) is 0 Å². The molecule has 0 saturated heterocycles. The maximum atomic E-state index is 12.0. The monoisotopic (exact) mass is 315 g/mol. The number of nitrogen functional groups attached to an aromatic ring is 1. The van der Waals surface area contributed by atoms with Crippen LogP contribution in [0.5, 0.6) is 5.75 Å². The number of amides is 1. The summed E-state index contributed by atoms with van der Waals surface area (Å²) >= 11 is 0. The summed E-state index contributed by atoms with van der Waals surface area (Å²) in [6, 6.07) is 6.68. The SMILES string of the molecule is CN(C)C(=O)CN(C)S(=O)(=O)CCOc1ccc(N)cc1. The molecule has 0 aliphatic rings. The van der Waals surface area contributed by atoms with E-state index in [2.05, 4.69) is 0 Å². The Hall–Kier alpha value is -1.80. The zero-order chi connectivity index (χ0) is 16.0. The zero-order valence-corrected chi connectivity index (χ0v) is 13.3. The lowest BCUT2D eigenvalue weighted by atomic mass is 10.3. The van der Waals surface area contributed by atoms with Gasteiger partial charge in [-0.25, -0.2) is 8.42 Å². The Labute approximate surface area is 125 Å². The number of hydrogen-bond acceptors (Lipinski definition) is 5. The molecular weight excluding hydrogens is 294 g/mol. The molecular formula is C13H21N3O4S. The average Bonchev–Trinajstić information content (AvgIpc) is 2.40. The van der Waals surface area contributed by atoms with Gasteiger partial charge >= 0.3 is 0 Å². The molecule has 0 fully saturated rings. The van der Waals surface area contributed by atoms with Gasteiger partial charge in [0.2, 0.25) is 15.9 Å². The first kappa shape index (κ1) is 17.3. The zero-order valence-electron chi connectivity index (χ0n) is 12.4. The Morgan fingerprint density at radius 1 is 1.19 bits per heavy atom. The summed E-state index contributed by atoms with van der Waals surface area (Å²) in [5.74, 6) is 0.0705. The van der Waals surface area contributed by atoms with Gasteiger partial charge in [-0.1, -0.05) is 0 Å². The molecule has 8 heteroatoms. The number of nitrogens with zero attached hydrogens (tertiary/aromatic N) is 2. The van der Waals surface area contributed by atoms with Crippen molar-refractivity contribution in [3.8, 4) is 5.75 Å². The molecule has 21 heavy (non-hydrogen) atoms. The summed E-state index contributed by atoms with van der Waals surface area (Å²) in [5.41, 5.74) is 6.15. The van der Waals surface area contributed by atoms with Crippen molar-refractivity contribution in [3.63, 3.8) is 0 Å². The summed E-state index contributed by atoms with van der Waals surface area (Å²) in [5, 5.41) is 0. The van der Waals surface area contributed by atoms with E-state index in [4.69, 9.17) is 10.5 Å². The number of benzene rings is 1. The first-order valence-corrected chi connectivity index (χ1v) is 7.96. The van der Waals surface area contributed by atoms with Gasteiger partial charge in [0.05, 0.1) is 12.3 Å². The summed E-state index contributed by atoms with van der Waals surface area (Å²) < 4.78 is 30.3. The van der Waals surface area contributed by atoms with Crippen LogP contribution < -0.4 is 10.5 Å². The van der Waals surface area contributed by atoms with Crippen molar-refractivity contribution in [2.45, 2.75) is 0 Å². The minimum atomic E-state index is -3.53. The fraction of sp³-hybridized carbons (Fsp3) is 0.462. The van der Waals surface area contributed by atoms with Crippen LogP contribution in [0.15, 0.2) is 24.3 Å². The minimum Gasteiger partial charge on any atom is -0.492 e. The first-order chi connectivity index (χ1) is 9.72. The molecule has 1 amide bonds. The van der Waals surface area contributed by atoms with Gasteiger partial charge in [-0.15, -0.1) is 0 Å². The second kappa shape index (κ2) is 7.28. The van der Waals surface area contributed by atoms with Crippen molar-refractivity contribution in [1.29, 1.82) is 0 Å². The molecule has 0 aromatic heterocycles. The molecule has 1 aromatic rings. The largest absolute Gasteiger partial charge is 0.492 e. The van der Waals surface area contributed by atoms with Crippen LogP contribution in [-0.2, 0) is 14.8 Å². The van der Waals surface area contributed by atoms with E-state index in [0.717, 1.165) is 4.31 Å². The maximum absolute atomic E-state index is 12.0. The Morgan fingerprint density at radius 2 is 1.76 bits per heavy atom. The number of nitrogens with two attached hydrogens (primary N) is 1. The number of carbonyl (C=O) groups is 1. The molecule has 1 rings (SSSR count). The summed E-state index contributed by atoms with van der Waals surface area (Å²) in [6.07, 6.45) is 0. The number of sulfonamides is 1. The lowest BCUT2D eigenvalue weighted by molar-refractivity contribution is -0.128. The first-order valence-electron chi connectivity index (χ1n) is 6.35. The molecule has 0 atom stereocenters. The fourth-order valence-electron chi connectivity index (χ4n) is 1.41. The minimum absolute atomic E-state index is 0.00669. The number of carbonyl (C=O) groups excluding carboxylic acids is 1. The molecule has 0 bridgehead atoms. The maximum Gasteiger partial charge on any atom is 0.237 e. The molecule has 0 aliphatic carbocycles. The third kappa shape index (κ3) is 5.60. The van der Waals surface area contributed by atoms with Crippen molar-refractivity contribution in [2.24, 2.45) is 0 Å². The highest BCUT2D eigenvalue weighted by molar-refractivity contribution is 7.89. The molecule has 0 heterocycles. The van der Waals surface area contributed by atoms with Crippen LogP contribution in [0.3, 0.4) is 0 Å². The van der Waals surface area contributed by atoms with Crippen molar-refractivity contribution in [2.75, 3.05) is 45.8 Å². The van der Waals surface area contributed by atoms with Crippen molar-refractivity contribution < 1.29 is 17.9 Å².